The minimum atomic E-state index is 0.242. The highest BCUT2D eigenvalue weighted by atomic mass is 14.3. The number of aryl methyl sites for hydroxylation is 2. The molecule has 1 aliphatic rings. The lowest BCUT2D eigenvalue weighted by atomic mass is 9.76. The van der Waals surface area contributed by atoms with Gasteiger partial charge in [0.1, 0.15) is 0 Å². The summed E-state index contributed by atoms with van der Waals surface area (Å²) in [5.41, 5.74) is 5.98. The largest absolute Gasteiger partial charge is 0.0834 e. The van der Waals surface area contributed by atoms with Gasteiger partial charge in [-0.2, -0.15) is 0 Å². The highest BCUT2D eigenvalue weighted by Crippen LogP contribution is 2.36. The Balaban J connectivity index is 0.00000106. The molecule has 0 amide bonds. The summed E-state index contributed by atoms with van der Waals surface area (Å²) in [5, 5.41) is 0. The second-order valence-corrected chi connectivity index (χ2v) is 6.53. The van der Waals surface area contributed by atoms with E-state index in [2.05, 4.69) is 71.0 Å². The van der Waals surface area contributed by atoms with Crippen molar-refractivity contribution in [1.29, 1.82) is 0 Å². The first-order valence-electron chi connectivity index (χ1n) is 8.37. The lowest BCUT2D eigenvalue weighted by Crippen LogP contribution is -2.20. The van der Waals surface area contributed by atoms with Crippen LogP contribution in [-0.2, 0) is 5.41 Å². The molecule has 0 aromatic heterocycles. The molecule has 0 heterocycles. The zero-order valence-electron chi connectivity index (χ0n) is 15.0. The maximum atomic E-state index is 2.43. The number of allylic oxidation sites excluding steroid dienone is 4. The highest BCUT2D eigenvalue weighted by Gasteiger charge is 2.26. The van der Waals surface area contributed by atoms with Crippen LogP contribution >= 0.6 is 0 Å². The van der Waals surface area contributed by atoms with Crippen molar-refractivity contribution >= 4 is 0 Å². The van der Waals surface area contributed by atoms with Crippen LogP contribution in [0.25, 0.3) is 0 Å². The molecule has 2 rings (SSSR count). The number of rotatable bonds is 2. The highest BCUT2D eigenvalue weighted by molar-refractivity contribution is 5.37. The van der Waals surface area contributed by atoms with Gasteiger partial charge in [-0.3, -0.25) is 0 Å². The molecule has 0 radical (unpaired) electrons. The van der Waals surface area contributed by atoms with E-state index in [0.717, 1.165) is 12.8 Å². The molecule has 0 spiro atoms. The van der Waals surface area contributed by atoms with Crippen LogP contribution in [0.2, 0.25) is 0 Å². The Labute approximate surface area is 132 Å². The molecule has 0 nitrogen and oxygen atoms in total. The van der Waals surface area contributed by atoms with Crippen molar-refractivity contribution in [1.82, 2.24) is 0 Å². The molecule has 1 aromatic rings. The quantitative estimate of drug-likeness (QED) is 0.580. The molecule has 0 fully saturated rings. The van der Waals surface area contributed by atoms with Crippen LogP contribution in [0.3, 0.4) is 0 Å². The summed E-state index contributed by atoms with van der Waals surface area (Å²) in [6, 6.07) is 6.94. The molecule has 21 heavy (non-hydrogen) atoms. The summed E-state index contributed by atoms with van der Waals surface area (Å²) in [4.78, 5) is 0. The number of hydrogen-bond acceptors (Lipinski definition) is 0. The Bertz CT molecular complexity index is 517. The molecule has 0 heteroatoms. The third kappa shape index (κ3) is 4.33. The molecule has 0 saturated heterocycles. The standard InChI is InChI=1S/C19H26.C2H6/c1-14(2)17-7-6-11-19(5,12-10-17)18-9-8-15(3)16(4)13-18;1-2/h6-10,13-14H,11-12H2,1-5H3;1-2H3. The summed E-state index contributed by atoms with van der Waals surface area (Å²) >= 11 is 0. The zero-order chi connectivity index (χ0) is 16.0. The Morgan fingerprint density at radius 1 is 1.00 bits per heavy atom. The SMILES string of the molecule is CC.Cc1ccc(C2(C)CC=CC(C(C)C)=CC2)cc1C. The summed E-state index contributed by atoms with van der Waals surface area (Å²) in [6.45, 7) is 15.3. The van der Waals surface area contributed by atoms with Gasteiger partial charge in [0, 0.05) is 0 Å². The van der Waals surface area contributed by atoms with Gasteiger partial charge in [-0.25, -0.2) is 0 Å². The predicted molar refractivity (Wildman–Crippen MR) is 95.9 cm³/mol. The Morgan fingerprint density at radius 3 is 2.24 bits per heavy atom. The normalized spacial score (nSPS) is 21.4. The Kier molecular flexibility index (Phi) is 6.45. The summed E-state index contributed by atoms with van der Waals surface area (Å²) in [5.74, 6) is 0.623. The lowest BCUT2D eigenvalue weighted by Gasteiger charge is -2.28. The van der Waals surface area contributed by atoms with Crippen molar-refractivity contribution in [3.8, 4) is 0 Å². The van der Waals surface area contributed by atoms with Gasteiger partial charge >= 0.3 is 0 Å². The van der Waals surface area contributed by atoms with E-state index in [0.29, 0.717) is 5.92 Å². The smallest absolute Gasteiger partial charge is 0.000597 e. The van der Waals surface area contributed by atoms with E-state index in [9.17, 15) is 0 Å². The van der Waals surface area contributed by atoms with E-state index in [1.165, 1.54) is 22.3 Å². The van der Waals surface area contributed by atoms with E-state index in [1.807, 2.05) is 13.8 Å². The number of hydrogen-bond donors (Lipinski definition) is 0. The fourth-order valence-corrected chi connectivity index (χ4v) is 2.73. The molecule has 0 bridgehead atoms. The van der Waals surface area contributed by atoms with Gasteiger partial charge in [0.2, 0.25) is 0 Å². The van der Waals surface area contributed by atoms with Crippen LogP contribution in [0.15, 0.2) is 42.0 Å². The van der Waals surface area contributed by atoms with Gasteiger partial charge in [0.25, 0.3) is 0 Å². The molecule has 0 aliphatic heterocycles. The van der Waals surface area contributed by atoms with Crippen molar-refractivity contribution in [2.45, 2.75) is 66.7 Å². The monoisotopic (exact) mass is 284 g/mol. The van der Waals surface area contributed by atoms with Crippen molar-refractivity contribution in [3.63, 3.8) is 0 Å². The summed E-state index contributed by atoms with van der Waals surface area (Å²) in [7, 11) is 0. The molecular formula is C21H32. The maximum absolute atomic E-state index is 2.43. The minimum Gasteiger partial charge on any atom is -0.0834 e. The second-order valence-electron chi connectivity index (χ2n) is 6.53. The van der Waals surface area contributed by atoms with Gasteiger partial charge in [-0.05, 0) is 60.3 Å². The predicted octanol–water partition coefficient (Wildman–Crippen LogP) is 6.52. The molecule has 1 unspecified atom stereocenters. The van der Waals surface area contributed by atoms with Crippen LogP contribution in [0, 0.1) is 19.8 Å². The summed E-state index contributed by atoms with van der Waals surface area (Å²) < 4.78 is 0. The second kappa shape index (κ2) is 7.64. The lowest BCUT2D eigenvalue weighted by molar-refractivity contribution is 0.486. The van der Waals surface area contributed by atoms with Crippen LogP contribution in [-0.4, -0.2) is 0 Å². The van der Waals surface area contributed by atoms with Crippen molar-refractivity contribution in [2.24, 2.45) is 5.92 Å². The van der Waals surface area contributed by atoms with Gasteiger partial charge in [0.15, 0.2) is 0 Å². The average molecular weight is 284 g/mol. The zero-order valence-corrected chi connectivity index (χ0v) is 15.0. The van der Waals surface area contributed by atoms with E-state index in [-0.39, 0.29) is 5.41 Å². The molecule has 116 valence electrons. The Morgan fingerprint density at radius 2 is 1.67 bits per heavy atom. The van der Waals surface area contributed by atoms with Gasteiger partial charge < -0.3 is 0 Å². The van der Waals surface area contributed by atoms with Crippen LogP contribution in [0.5, 0.6) is 0 Å². The first-order valence-corrected chi connectivity index (χ1v) is 8.37. The molecule has 1 aromatic carbocycles. The molecule has 0 saturated carbocycles. The first kappa shape index (κ1) is 17.8. The van der Waals surface area contributed by atoms with Gasteiger partial charge in [-0.1, -0.05) is 71.0 Å². The number of benzene rings is 1. The first-order chi connectivity index (χ1) is 9.92. The van der Waals surface area contributed by atoms with Crippen LogP contribution in [0.4, 0.5) is 0 Å². The topological polar surface area (TPSA) is 0 Å². The van der Waals surface area contributed by atoms with Gasteiger partial charge in [-0.15, -0.1) is 0 Å². The van der Waals surface area contributed by atoms with Crippen molar-refractivity contribution in [2.75, 3.05) is 0 Å². The molecule has 0 N–H and O–H groups in total. The third-order valence-corrected chi connectivity index (χ3v) is 4.54. The minimum absolute atomic E-state index is 0.242. The van der Waals surface area contributed by atoms with Gasteiger partial charge in [0.05, 0.1) is 0 Å². The van der Waals surface area contributed by atoms with E-state index >= 15 is 0 Å². The van der Waals surface area contributed by atoms with Crippen LogP contribution in [0.1, 0.15) is 64.2 Å². The van der Waals surface area contributed by atoms with Crippen LogP contribution < -0.4 is 0 Å². The summed E-state index contributed by atoms with van der Waals surface area (Å²) in [6.07, 6.45) is 9.37. The fourth-order valence-electron chi connectivity index (χ4n) is 2.73. The van der Waals surface area contributed by atoms with Crippen molar-refractivity contribution in [3.05, 3.63) is 58.7 Å². The molecular weight excluding hydrogens is 252 g/mol. The van der Waals surface area contributed by atoms with E-state index in [4.69, 9.17) is 0 Å². The Hall–Kier alpha value is -1.30. The third-order valence-electron chi connectivity index (χ3n) is 4.54. The average Bonchev–Trinajstić information content (AvgIpc) is 2.67. The molecule has 1 atom stereocenters. The van der Waals surface area contributed by atoms with Crippen molar-refractivity contribution < 1.29 is 0 Å². The van der Waals surface area contributed by atoms with E-state index < -0.39 is 0 Å². The molecule has 1 aliphatic carbocycles. The maximum Gasteiger partial charge on any atom is -0.000597 e. The fraction of sp³-hybridized carbons (Fsp3) is 0.524. The van der Waals surface area contributed by atoms with E-state index in [1.54, 1.807) is 0 Å².